The summed E-state index contributed by atoms with van der Waals surface area (Å²) >= 11 is 3.41. The summed E-state index contributed by atoms with van der Waals surface area (Å²) in [6.45, 7) is 2.41. The Morgan fingerprint density at radius 1 is 1.03 bits per heavy atom. The van der Waals surface area contributed by atoms with Crippen LogP contribution in [-0.2, 0) is 9.59 Å². The smallest absolute Gasteiger partial charge is 0.300 e. The second-order valence-electron chi connectivity index (χ2n) is 7.36. The van der Waals surface area contributed by atoms with E-state index in [0.717, 1.165) is 0 Å². The minimum atomic E-state index is -0.787. The maximum absolute atomic E-state index is 13.2. The molecular weight excluding hydrogens is 486 g/mol. The topological polar surface area (TPSA) is 76.1 Å². The first kappa shape index (κ1) is 22.6. The summed E-state index contributed by atoms with van der Waals surface area (Å²) in [5.74, 6) is -0.457. The summed E-state index contributed by atoms with van der Waals surface area (Å²) in [5.41, 5.74) is 1.66. The van der Waals surface area contributed by atoms with E-state index in [4.69, 9.17) is 9.47 Å². The van der Waals surface area contributed by atoms with Gasteiger partial charge in [-0.3, -0.25) is 14.5 Å². The minimum Gasteiger partial charge on any atom is -0.507 e. The second kappa shape index (κ2) is 9.50. The number of hydrogen-bond acceptors (Lipinski definition) is 5. The Hall–Kier alpha value is -3.58. The average molecular weight is 508 g/mol. The molecule has 0 aromatic heterocycles. The number of amides is 1. The molecule has 1 unspecified atom stereocenters. The molecule has 168 valence electrons. The van der Waals surface area contributed by atoms with E-state index in [2.05, 4.69) is 15.9 Å². The van der Waals surface area contributed by atoms with Crippen molar-refractivity contribution in [3.8, 4) is 11.5 Å². The standard InChI is InChI=1S/C26H22BrNO5/c1-3-33-19-12-10-18(11-13-19)28-23(16-7-5-4-6-8-16)22(25(30)26(28)31)24(29)17-9-14-21(32-2)20(27)15-17/h4-15,23,29H,3H2,1-2H3/b24-22-. The molecule has 1 fully saturated rings. The zero-order chi connectivity index (χ0) is 23.5. The minimum absolute atomic E-state index is 0.0251. The van der Waals surface area contributed by atoms with Gasteiger partial charge in [0.1, 0.15) is 17.3 Å². The number of ketones is 1. The summed E-state index contributed by atoms with van der Waals surface area (Å²) in [6, 6.07) is 20.3. The number of hydrogen-bond donors (Lipinski definition) is 1. The molecule has 1 heterocycles. The zero-order valence-corrected chi connectivity index (χ0v) is 19.7. The van der Waals surface area contributed by atoms with Crippen molar-refractivity contribution in [1.82, 2.24) is 0 Å². The summed E-state index contributed by atoms with van der Waals surface area (Å²) in [4.78, 5) is 27.8. The fraction of sp³-hybridized carbons (Fsp3) is 0.154. The fourth-order valence-electron chi connectivity index (χ4n) is 3.89. The van der Waals surface area contributed by atoms with Crippen LogP contribution in [0.5, 0.6) is 11.5 Å². The molecule has 0 saturated carbocycles. The summed E-state index contributed by atoms with van der Waals surface area (Å²) in [5, 5.41) is 11.2. The van der Waals surface area contributed by atoms with E-state index in [9.17, 15) is 14.7 Å². The molecular formula is C26H22BrNO5. The highest BCUT2D eigenvalue weighted by molar-refractivity contribution is 9.10. The van der Waals surface area contributed by atoms with Crippen molar-refractivity contribution < 1.29 is 24.2 Å². The number of aliphatic hydroxyl groups excluding tert-OH is 1. The summed E-state index contributed by atoms with van der Waals surface area (Å²) in [6.07, 6.45) is 0. The van der Waals surface area contributed by atoms with E-state index in [1.807, 2.05) is 37.3 Å². The third-order valence-electron chi connectivity index (χ3n) is 5.41. The van der Waals surface area contributed by atoms with Crippen molar-refractivity contribution >= 4 is 39.1 Å². The third kappa shape index (κ3) is 4.24. The number of benzene rings is 3. The molecule has 3 aromatic rings. The molecule has 1 N–H and O–H groups in total. The molecule has 0 bridgehead atoms. The maximum atomic E-state index is 13.2. The molecule has 33 heavy (non-hydrogen) atoms. The van der Waals surface area contributed by atoms with E-state index in [0.29, 0.717) is 39.4 Å². The van der Waals surface area contributed by atoms with Crippen LogP contribution in [0.15, 0.2) is 82.8 Å². The van der Waals surface area contributed by atoms with Crippen molar-refractivity contribution in [2.24, 2.45) is 0 Å². The maximum Gasteiger partial charge on any atom is 0.300 e. The summed E-state index contributed by atoms with van der Waals surface area (Å²) in [7, 11) is 1.54. The van der Waals surface area contributed by atoms with E-state index >= 15 is 0 Å². The number of Topliss-reactive ketones (excluding diaryl/α,β-unsaturated/α-hetero) is 1. The lowest BCUT2D eigenvalue weighted by molar-refractivity contribution is -0.132. The van der Waals surface area contributed by atoms with Crippen LogP contribution in [0.4, 0.5) is 5.69 Å². The molecule has 7 heteroatoms. The largest absolute Gasteiger partial charge is 0.507 e. The van der Waals surface area contributed by atoms with E-state index in [1.165, 1.54) is 12.0 Å². The monoisotopic (exact) mass is 507 g/mol. The highest BCUT2D eigenvalue weighted by Crippen LogP contribution is 2.43. The van der Waals surface area contributed by atoms with Gasteiger partial charge in [0.05, 0.1) is 29.8 Å². The molecule has 1 atom stereocenters. The number of nitrogens with zero attached hydrogens (tertiary/aromatic N) is 1. The van der Waals surface area contributed by atoms with Crippen molar-refractivity contribution in [3.63, 3.8) is 0 Å². The molecule has 0 radical (unpaired) electrons. The van der Waals surface area contributed by atoms with Crippen molar-refractivity contribution in [3.05, 3.63) is 94.0 Å². The van der Waals surface area contributed by atoms with Gasteiger partial charge in [-0.05, 0) is 70.9 Å². The van der Waals surface area contributed by atoms with Crippen LogP contribution in [0.1, 0.15) is 24.1 Å². The van der Waals surface area contributed by atoms with Gasteiger partial charge in [-0.1, -0.05) is 30.3 Å². The normalized spacial score (nSPS) is 17.3. The van der Waals surface area contributed by atoms with Crippen LogP contribution >= 0.6 is 15.9 Å². The Morgan fingerprint density at radius 2 is 1.73 bits per heavy atom. The van der Waals surface area contributed by atoms with Crippen LogP contribution in [-0.4, -0.2) is 30.5 Å². The SMILES string of the molecule is CCOc1ccc(N2C(=O)C(=O)/C(=C(\O)c3ccc(OC)c(Br)c3)C2c2ccccc2)cc1. The van der Waals surface area contributed by atoms with Crippen LogP contribution in [0, 0.1) is 0 Å². The van der Waals surface area contributed by atoms with Crippen molar-refractivity contribution in [1.29, 1.82) is 0 Å². The lowest BCUT2D eigenvalue weighted by Gasteiger charge is -2.25. The molecule has 4 rings (SSSR count). The van der Waals surface area contributed by atoms with Crippen LogP contribution in [0.3, 0.4) is 0 Å². The van der Waals surface area contributed by atoms with E-state index in [1.54, 1.807) is 42.5 Å². The first-order chi connectivity index (χ1) is 16.0. The molecule has 1 aliphatic rings. The van der Waals surface area contributed by atoms with Gasteiger partial charge in [-0.25, -0.2) is 0 Å². The molecule has 6 nitrogen and oxygen atoms in total. The highest BCUT2D eigenvalue weighted by atomic mass is 79.9. The predicted molar refractivity (Wildman–Crippen MR) is 130 cm³/mol. The Bertz CT molecular complexity index is 1220. The van der Waals surface area contributed by atoms with Crippen LogP contribution in [0.25, 0.3) is 5.76 Å². The number of aliphatic hydroxyl groups is 1. The van der Waals surface area contributed by atoms with Gasteiger partial charge in [0.15, 0.2) is 0 Å². The number of ether oxygens (including phenoxy) is 2. The van der Waals surface area contributed by atoms with Gasteiger partial charge in [0.25, 0.3) is 11.7 Å². The molecule has 1 amide bonds. The number of rotatable bonds is 6. The van der Waals surface area contributed by atoms with Crippen molar-refractivity contribution in [2.45, 2.75) is 13.0 Å². The number of carbonyl (C=O) groups excluding carboxylic acids is 2. The Kier molecular flexibility index (Phi) is 6.51. The number of halogens is 1. The van der Waals surface area contributed by atoms with Gasteiger partial charge >= 0.3 is 0 Å². The lowest BCUT2D eigenvalue weighted by atomic mass is 9.95. The predicted octanol–water partition coefficient (Wildman–Crippen LogP) is 5.48. The average Bonchev–Trinajstić information content (AvgIpc) is 3.10. The molecule has 0 spiro atoms. The van der Waals surface area contributed by atoms with Crippen molar-refractivity contribution in [2.75, 3.05) is 18.6 Å². The fourth-order valence-corrected chi connectivity index (χ4v) is 4.43. The van der Waals surface area contributed by atoms with Gasteiger partial charge in [0, 0.05) is 11.3 Å². The van der Waals surface area contributed by atoms with E-state index < -0.39 is 17.7 Å². The Labute approximate surface area is 200 Å². The lowest BCUT2D eigenvalue weighted by Crippen LogP contribution is -2.29. The molecule has 0 aliphatic carbocycles. The zero-order valence-electron chi connectivity index (χ0n) is 18.1. The number of anilines is 1. The van der Waals surface area contributed by atoms with Gasteiger partial charge < -0.3 is 14.6 Å². The van der Waals surface area contributed by atoms with E-state index in [-0.39, 0.29) is 11.3 Å². The van der Waals surface area contributed by atoms with Gasteiger partial charge in [-0.15, -0.1) is 0 Å². The summed E-state index contributed by atoms with van der Waals surface area (Å²) < 4.78 is 11.4. The number of methoxy groups -OCH3 is 1. The molecule has 1 aliphatic heterocycles. The van der Waals surface area contributed by atoms with Crippen LogP contribution < -0.4 is 14.4 Å². The highest BCUT2D eigenvalue weighted by Gasteiger charge is 2.46. The first-order valence-corrected chi connectivity index (χ1v) is 11.2. The number of carbonyl (C=O) groups is 2. The Morgan fingerprint density at radius 3 is 2.33 bits per heavy atom. The first-order valence-electron chi connectivity index (χ1n) is 10.4. The van der Waals surface area contributed by atoms with Gasteiger partial charge in [-0.2, -0.15) is 0 Å². The van der Waals surface area contributed by atoms with Gasteiger partial charge in [0.2, 0.25) is 0 Å². The molecule has 1 saturated heterocycles. The Balaban J connectivity index is 1.87. The van der Waals surface area contributed by atoms with Crippen LogP contribution in [0.2, 0.25) is 0 Å². The second-order valence-corrected chi connectivity index (χ2v) is 8.21. The quantitative estimate of drug-likeness (QED) is 0.271. The third-order valence-corrected chi connectivity index (χ3v) is 6.03. The molecule has 3 aromatic carbocycles.